The Hall–Kier alpha value is -1.46. The number of rotatable bonds is 0. The Bertz CT molecular complexity index is 96.6. The molecule has 0 heterocycles. The average Bonchev–Trinajstić information content (AvgIpc) is 1.61. The molecule has 0 aliphatic rings. The van der Waals surface area contributed by atoms with Crippen molar-refractivity contribution < 1.29 is 19.4 Å². The lowest BCUT2D eigenvalue weighted by Crippen LogP contribution is -2.20. The summed E-state index contributed by atoms with van der Waals surface area (Å²) < 4.78 is 0. The molecule has 0 saturated carbocycles. The van der Waals surface area contributed by atoms with Crippen LogP contribution in [0, 0.1) is 0 Å². The molecule has 0 bridgehead atoms. The van der Waals surface area contributed by atoms with Crippen LogP contribution in [-0.2, 0) is 9.78 Å². The van der Waals surface area contributed by atoms with E-state index in [1.807, 2.05) is 0 Å². The van der Waals surface area contributed by atoms with Crippen LogP contribution < -0.4 is 11.5 Å². The maximum absolute atomic E-state index is 9.57. The molecule has 0 aromatic heterocycles. The van der Waals surface area contributed by atoms with Crippen molar-refractivity contribution in [1.82, 2.24) is 0 Å². The first kappa shape index (κ1) is 6.54. The average molecular weight is 120 g/mol. The third-order valence-corrected chi connectivity index (χ3v) is 0.206. The molecule has 0 saturated heterocycles. The van der Waals surface area contributed by atoms with E-state index in [1.54, 1.807) is 0 Å². The van der Waals surface area contributed by atoms with Gasteiger partial charge in [0.1, 0.15) is 0 Å². The van der Waals surface area contributed by atoms with Crippen LogP contribution in [0.1, 0.15) is 0 Å². The molecule has 0 aliphatic heterocycles. The van der Waals surface area contributed by atoms with Gasteiger partial charge in [0, 0.05) is 0 Å². The standard InChI is InChI=1S/C2H4N2O4/c3-1(5)7-8-2(4)6/h(H2,3,5)(H2,4,6). The molecule has 0 aromatic rings. The van der Waals surface area contributed by atoms with Crippen LogP contribution in [0.3, 0.4) is 0 Å². The van der Waals surface area contributed by atoms with Gasteiger partial charge in [0.25, 0.3) is 0 Å². The third kappa shape index (κ3) is 4.54. The van der Waals surface area contributed by atoms with E-state index in [9.17, 15) is 9.59 Å². The molecule has 0 spiro atoms. The number of hydrogen-bond donors (Lipinski definition) is 2. The van der Waals surface area contributed by atoms with Crippen molar-refractivity contribution >= 4 is 12.2 Å². The molecule has 0 unspecified atom stereocenters. The highest BCUT2D eigenvalue weighted by atomic mass is 17.2. The summed E-state index contributed by atoms with van der Waals surface area (Å²) >= 11 is 0. The van der Waals surface area contributed by atoms with E-state index < -0.39 is 12.2 Å². The molecule has 0 fully saturated rings. The van der Waals surface area contributed by atoms with Gasteiger partial charge in [0.05, 0.1) is 0 Å². The summed E-state index contributed by atoms with van der Waals surface area (Å²) in [6.45, 7) is 0. The molecule has 0 rings (SSSR count). The molecule has 46 valence electrons. The minimum Gasteiger partial charge on any atom is -0.332 e. The summed E-state index contributed by atoms with van der Waals surface area (Å²) in [5.74, 6) is 0. The van der Waals surface area contributed by atoms with Crippen molar-refractivity contribution in [3.63, 3.8) is 0 Å². The Morgan fingerprint density at radius 3 is 1.38 bits per heavy atom. The van der Waals surface area contributed by atoms with Gasteiger partial charge < -0.3 is 11.5 Å². The second-order valence-corrected chi connectivity index (χ2v) is 0.805. The summed E-state index contributed by atoms with van der Waals surface area (Å²) in [4.78, 5) is 26.1. The lowest BCUT2D eigenvalue weighted by Gasteiger charge is -1.92. The predicted octanol–water partition coefficient (Wildman–Crippen LogP) is -0.908. The summed E-state index contributed by atoms with van der Waals surface area (Å²) in [7, 11) is 0. The molecule has 0 aliphatic carbocycles. The molecule has 2 amide bonds. The summed E-state index contributed by atoms with van der Waals surface area (Å²) in [5.41, 5.74) is 8.69. The first-order valence-electron chi connectivity index (χ1n) is 1.56. The Morgan fingerprint density at radius 1 is 1.00 bits per heavy atom. The Morgan fingerprint density at radius 2 is 1.25 bits per heavy atom. The first-order chi connectivity index (χ1) is 3.63. The van der Waals surface area contributed by atoms with Crippen LogP contribution >= 0.6 is 0 Å². The largest absolute Gasteiger partial charge is 0.448 e. The highest BCUT2D eigenvalue weighted by molar-refractivity contribution is 5.68. The van der Waals surface area contributed by atoms with Crippen molar-refractivity contribution in [3.8, 4) is 0 Å². The van der Waals surface area contributed by atoms with Crippen molar-refractivity contribution in [1.29, 1.82) is 0 Å². The number of carbonyl (C=O) groups is 2. The zero-order valence-electron chi connectivity index (χ0n) is 3.79. The first-order valence-corrected chi connectivity index (χ1v) is 1.56. The Balaban J connectivity index is 3.18. The lowest BCUT2D eigenvalue weighted by atomic mass is 11.3. The molecule has 6 nitrogen and oxygen atoms in total. The highest BCUT2D eigenvalue weighted by Crippen LogP contribution is 1.74. The molecular formula is C2H4N2O4. The molecule has 6 heteroatoms. The maximum atomic E-state index is 9.57. The van der Waals surface area contributed by atoms with Crippen LogP contribution in [0.2, 0.25) is 0 Å². The van der Waals surface area contributed by atoms with Gasteiger partial charge in [-0.25, -0.2) is 19.4 Å². The third-order valence-electron chi connectivity index (χ3n) is 0.206. The fourth-order valence-electron chi connectivity index (χ4n) is 0.0821. The van der Waals surface area contributed by atoms with Crippen LogP contribution in [0.15, 0.2) is 0 Å². The van der Waals surface area contributed by atoms with Gasteiger partial charge in [-0.3, -0.25) is 0 Å². The maximum Gasteiger partial charge on any atom is 0.448 e. The fourth-order valence-corrected chi connectivity index (χ4v) is 0.0821. The van der Waals surface area contributed by atoms with Gasteiger partial charge in [0.15, 0.2) is 0 Å². The Labute approximate surface area is 44.3 Å². The van der Waals surface area contributed by atoms with Crippen LogP contribution in [0.25, 0.3) is 0 Å². The zero-order chi connectivity index (χ0) is 6.57. The minimum absolute atomic E-state index is 1.22. The van der Waals surface area contributed by atoms with Crippen molar-refractivity contribution in [2.45, 2.75) is 0 Å². The molecule has 8 heavy (non-hydrogen) atoms. The van der Waals surface area contributed by atoms with Gasteiger partial charge in [-0.15, -0.1) is 0 Å². The SMILES string of the molecule is NC(=O)OOC(N)=O. The van der Waals surface area contributed by atoms with Gasteiger partial charge in [0.2, 0.25) is 0 Å². The Kier molecular flexibility index (Phi) is 2.18. The molecule has 0 atom stereocenters. The van der Waals surface area contributed by atoms with Crippen molar-refractivity contribution in [2.75, 3.05) is 0 Å². The summed E-state index contributed by atoms with van der Waals surface area (Å²) in [6.07, 6.45) is -2.44. The number of hydrogen-bond acceptors (Lipinski definition) is 4. The van der Waals surface area contributed by atoms with E-state index in [4.69, 9.17) is 0 Å². The fraction of sp³-hybridized carbons (Fsp3) is 0. The van der Waals surface area contributed by atoms with Crippen LogP contribution in [-0.4, -0.2) is 12.2 Å². The van der Waals surface area contributed by atoms with E-state index in [1.165, 1.54) is 0 Å². The van der Waals surface area contributed by atoms with Crippen molar-refractivity contribution in [2.24, 2.45) is 11.5 Å². The molecule has 0 radical (unpaired) electrons. The normalized spacial score (nSPS) is 7.50. The smallest absolute Gasteiger partial charge is 0.332 e. The summed E-state index contributed by atoms with van der Waals surface area (Å²) in [6, 6.07) is 0. The predicted molar refractivity (Wildman–Crippen MR) is 21.3 cm³/mol. The monoisotopic (exact) mass is 120 g/mol. The van der Waals surface area contributed by atoms with Gasteiger partial charge in [-0.1, -0.05) is 0 Å². The van der Waals surface area contributed by atoms with Gasteiger partial charge in [-0.05, 0) is 0 Å². The quantitative estimate of drug-likeness (QED) is 0.319. The van der Waals surface area contributed by atoms with Crippen molar-refractivity contribution in [3.05, 3.63) is 0 Å². The van der Waals surface area contributed by atoms with Gasteiger partial charge >= 0.3 is 12.2 Å². The number of carbonyl (C=O) groups excluding carboxylic acids is 2. The lowest BCUT2D eigenvalue weighted by molar-refractivity contribution is -0.172. The van der Waals surface area contributed by atoms with Gasteiger partial charge in [-0.2, -0.15) is 0 Å². The number of nitrogens with two attached hydrogens (primary N) is 2. The molecule has 4 N–H and O–H groups in total. The second-order valence-electron chi connectivity index (χ2n) is 0.805. The summed E-state index contributed by atoms with van der Waals surface area (Å²) in [5, 5.41) is 0. The zero-order valence-corrected chi connectivity index (χ0v) is 3.79. The van der Waals surface area contributed by atoms with E-state index in [0.29, 0.717) is 0 Å². The van der Waals surface area contributed by atoms with E-state index in [-0.39, 0.29) is 0 Å². The number of primary amides is 2. The van der Waals surface area contributed by atoms with E-state index in [0.717, 1.165) is 0 Å². The van der Waals surface area contributed by atoms with Crippen LogP contribution in [0.4, 0.5) is 9.59 Å². The minimum atomic E-state index is -1.22. The number of amides is 2. The topological polar surface area (TPSA) is 105 Å². The van der Waals surface area contributed by atoms with E-state index >= 15 is 0 Å². The molecule has 0 aromatic carbocycles. The van der Waals surface area contributed by atoms with E-state index in [2.05, 4.69) is 21.2 Å². The second kappa shape index (κ2) is 2.67. The molecular weight excluding hydrogens is 116 g/mol. The van der Waals surface area contributed by atoms with Crippen LogP contribution in [0.5, 0.6) is 0 Å². The highest BCUT2D eigenvalue weighted by Gasteiger charge is 1.96.